The second-order valence-electron chi connectivity index (χ2n) is 7.40. The number of methoxy groups -OCH3 is 1. The monoisotopic (exact) mass is 456 g/mol. The molecule has 2 aromatic carbocycles. The average Bonchev–Trinajstić information content (AvgIpc) is 3.20. The van der Waals surface area contributed by atoms with E-state index >= 15 is 0 Å². The number of aromatic nitrogens is 4. The molecule has 9 heteroatoms. The van der Waals surface area contributed by atoms with Crippen molar-refractivity contribution in [3.8, 4) is 11.4 Å². The zero-order valence-corrected chi connectivity index (χ0v) is 18.8. The molecular formula is C25H24N6O3. The second-order valence-corrected chi connectivity index (χ2v) is 7.40. The van der Waals surface area contributed by atoms with Crippen molar-refractivity contribution in [2.75, 3.05) is 12.8 Å². The van der Waals surface area contributed by atoms with Crippen molar-refractivity contribution in [2.24, 2.45) is 5.73 Å². The maximum absolute atomic E-state index is 13.0. The van der Waals surface area contributed by atoms with E-state index in [1.807, 2.05) is 48.5 Å². The summed E-state index contributed by atoms with van der Waals surface area (Å²) < 4.78 is 8.54. The third kappa shape index (κ3) is 4.06. The van der Waals surface area contributed by atoms with Gasteiger partial charge in [-0.05, 0) is 42.1 Å². The van der Waals surface area contributed by atoms with Gasteiger partial charge in [-0.3, -0.25) is 14.2 Å². The topological polar surface area (TPSA) is 131 Å². The number of nitrogen functional groups attached to an aromatic ring is 1. The number of amides is 1. The number of nitrogens with two attached hydrogens (primary N) is 2. The number of fused-ring (bicyclic) bond motifs is 2. The number of carbonyl (C=O) groups is 1. The van der Waals surface area contributed by atoms with Gasteiger partial charge in [-0.15, -0.1) is 5.10 Å². The summed E-state index contributed by atoms with van der Waals surface area (Å²) in [5.41, 5.74) is 13.0. The Labute approximate surface area is 195 Å². The molecule has 0 aliphatic carbocycles. The highest BCUT2D eigenvalue weighted by molar-refractivity contribution is 6.03. The van der Waals surface area contributed by atoms with Crippen LogP contribution in [0.2, 0.25) is 0 Å². The molecule has 172 valence electrons. The Morgan fingerprint density at radius 1 is 1.09 bits per heavy atom. The van der Waals surface area contributed by atoms with E-state index in [9.17, 15) is 9.59 Å². The van der Waals surface area contributed by atoms with E-state index in [-0.39, 0.29) is 16.9 Å². The summed E-state index contributed by atoms with van der Waals surface area (Å²) in [4.78, 5) is 27.9. The van der Waals surface area contributed by atoms with Crippen LogP contribution in [-0.2, 0) is 6.42 Å². The predicted octanol–water partition coefficient (Wildman–Crippen LogP) is 2.97. The predicted molar refractivity (Wildman–Crippen MR) is 131 cm³/mol. The van der Waals surface area contributed by atoms with Crippen molar-refractivity contribution in [3.63, 3.8) is 0 Å². The van der Waals surface area contributed by atoms with Crippen LogP contribution in [0.3, 0.4) is 0 Å². The van der Waals surface area contributed by atoms with E-state index in [0.717, 1.165) is 23.2 Å². The fraction of sp³-hybridized carbons (Fsp3) is 0.120. The summed E-state index contributed by atoms with van der Waals surface area (Å²) >= 11 is 0. The third-order valence-electron chi connectivity index (χ3n) is 5.35. The van der Waals surface area contributed by atoms with Gasteiger partial charge in [0.1, 0.15) is 11.3 Å². The van der Waals surface area contributed by atoms with E-state index in [1.165, 1.54) is 4.52 Å². The third-order valence-corrected chi connectivity index (χ3v) is 5.35. The van der Waals surface area contributed by atoms with Crippen LogP contribution in [0, 0.1) is 0 Å². The largest absolute Gasteiger partial charge is 0.496 e. The Morgan fingerprint density at radius 3 is 2.53 bits per heavy atom. The quantitative estimate of drug-likeness (QED) is 0.428. The van der Waals surface area contributed by atoms with Crippen molar-refractivity contribution in [1.82, 2.24) is 19.2 Å². The molecule has 34 heavy (non-hydrogen) atoms. The van der Waals surface area contributed by atoms with Crippen molar-refractivity contribution >= 4 is 28.1 Å². The minimum absolute atomic E-state index is 0.0343. The van der Waals surface area contributed by atoms with Crippen LogP contribution >= 0.6 is 0 Å². The first-order chi connectivity index (χ1) is 16.5. The lowest BCUT2D eigenvalue weighted by molar-refractivity contribution is 0.100. The number of nitrogens with zero attached hydrogens (tertiary/aromatic N) is 4. The normalized spacial score (nSPS) is 10.6. The molecule has 5 rings (SSSR count). The second kappa shape index (κ2) is 9.45. The number of pyridine rings is 1. The van der Waals surface area contributed by atoms with Crippen LogP contribution in [0.5, 0.6) is 5.75 Å². The van der Waals surface area contributed by atoms with Crippen LogP contribution in [-0.4, -0.2) is 32.2 Å². The van der Waals surface area contributed by atoms with Gasteiger partial charge in [0.15, 0.2) is 11.5 Å². The Balaban J connectivity index is 0.000000180. The molecule has 3 aromatic heterocycles. The number of anilines is 1. The summed E-state index contributed by atoms with van der Waals surface area (Å²) in [6, 6.07) is 19.1. The lowest BCUT2D eigenvalue weighted by Crippen LogP contribution is -2.22. The molecule has 4 N–H and O–H groups in total. The number of rotatable bonds is 4. The molecule has 0 saturated carbocycles. The molecule has 0 unspecified atom stereocenters. The SMILES string of the molecule is CCc1cc2cccc(OC)c2c(=O)n1-c1ccccc1.NC(=O)c1c(N)nn2cccnc12. The number of para-hydroxylation sites is 1. The van der Waals surface area contributed by atoms with Gasteiger partial charge >= 0.3 is 0 Å². The molecule has 0 atom stereocenters. The smallest absolute Gasteiger partial charge is 0.266 e. The highest BCUT2D eigenvalue weighted by Crippen LogP contribution is 2.24. The minimum atomic E-state index is -0.619. The van der Waals surface area contributed by atoms with E-state index in [0.29, 0.717) is 16.8 Å². The molecule has 9 nitrogen and oxygen atoms in total. The van der Waals surface area contributed by atoms with Crippen LogP contribution in [0.25, 0.3) is 22.1 Å². The Morgan fingerprint density at radius 2 is 1.85 bits per heavy atom. The first-order valence-corrected chi connectivity index (χ1v) is 10.6. The number of primary amides is 1. The molecule has 0 saturated heterocycles. The van der Waals surface area contributed by atoms with Gasteiger partial charge in [0.05, 0.1) is 12.5 Å². The summed E-state index contributed by atoms with van der Waals surface area (Å²) in [6.45, 7) is 2.06. The van der Waals surface area contributed by atoms with Crippen LogP contribution < -0.4 is 21.8 Å². The minimum Gasteiger partial charge on any atom is -0.496 e. The number of benzene rings is 2. The van der Waals surface area contributed by atoms with Crippen LogP contribution in [0.4, 0.5) is 5.82 Å². The maximum atomic E-state index is 13.0. The van der Waals surface area contributed by atoms with Gasteiger partial charge in [-0.2, -0.15) is 0 Å². The van der Waals surface area contributed by atoms with Gasteiger partial charge in [-0.25, -0.2) is 9.50 Å². The number of carbonyl (C=O) groups excluding carboxylic acids is 1. The molecule has 0 fully saturated rings. The number of aryl methyl sites for hydroxylation is 1. The average molecular weight is 457 g/mol. The van der Waals surface area contributed by atoms with E-state index in [1.54, 1.807) is 30.1 Å². The zero-order chi connectivity index (χ0) is 24.2. The molecule has 0 aliphatic heterocycles. The standard InChI is InChI=1S/C18H17NO2.C7H7N5O/c1-3-14-12-13-8-7-11-16(21-2)17(13)18(20)19(14)15-9-5-4-6-10-15;8-5-4(6(9)13)7-10-2-1-3-12(7)11-5/h4-12H,3H2,1-2H3;1-3H,(H2,8,11)(H2,9,13). The molecule has 0 bridgehead atoms. The fourth-order valence-corrected chi connectivity index (χ4v) is 3.81. The van der Waals surface area contributed by atoms with Crippen molar-refractivity contribution < 1.29 is 9.53 Å². The van der Waals surface area contributed by atoms with Gasteiger partial charge in [-0.1, -0.05) is 37.3 Å². The highest BCUT2D eigenvalue weighted by atomic mass is 16.5. The molecule has 3 heterocycles. The van der Waals surface area contributed by atoms with Crippen molar-refractivity contribution in [3.05, 3.63) is 94.7 Å². The van der Waals surface area contributed by atoms with Crippen LogP contribution in [0.1, 0.15) is 23.0 Å². The van der Waals surface area contributed by atoms with Gasteiger partial charge < -0.3 is 16.2 Å². The molecular weight excluding hydrogens is 432 g/mol. The summed E-state index contributed by atoms with van der Waals surface area (Å²) in [7, 11) is 1.59. The summed E-state index contributed by atoms with van der Waals surface area (Å²) in [5, 5.41) is 5.41. The summed E-state index contributed by atoms with van der Waals surface area (Å²) in [5.74, 6) is 0.0993. The Kier molecular flexibility index (Phi) is 6.26. The lowest BCUT2D eigenvalue weighted by Gasteiger charge is -2.14. The number of hydrogen-bond acceptors (Lipinski definition) is 6. The Hall–Kier alpha value is -4.66. The zero-order valence-electron chi connectivity index (χ0n) is 18.8. The Bertz CT molecular complexity index is 1540. The van der Waals surface area contributed by atoms with Gasteiger partial charge in [0.2, 0.25) is 0 Å². The fourth-order valence-electron chi connectivity index (χ4n) is 3.81. The first-order valence-electron chi connectivity index (χ1n) is 10.6. The molecule has 0 aliphatic rings. The first kappa shape index (κ1) is 22.5. The molecule has 0 radical (unpaired) electrons. The van der Waals surface area contributed by atoms with E-state index in [2.05, 4.69) is 23.1 Å². The lowest BCUT2D eigenvalue weighted by atomic mass is 10.1. The van der Waals surface area contributed by atoms with E-state index < -0.39 is 5.91 Å². The molecule has 1 amide bonds. The van der Waals surface area contributed by atoms with E-state index in [4.69, 9.17) is 16.2 Å². The summed E-state index contributed by atoms with van der Waals surface area (Å²) in [6.07, 6.45) is 3.98. The van der Waals surface area contributed by atoms with Crippen molar-refractivity contribution in [1.29, 1.82) is 0 Å². The maximum Gasteiger partial charge on any atom is 0.266 e. The number of hydrogen-bond donors (Lipinski definition) is 2. The van der Waals surface area contributed by atoms with Gasteiger partial charge in [0.25, 0.3) is 11.5 Å². The van der Waals surface area contributed by atoms with Crippen LogP contribution in [0.15, 0.2) is 77.9 Å². The van der Waals surface area contributed by atoms with Gasteiger partial charge in [0, 0.05) is 23.8 Å². The number of ether oxygens (including phenoxy) is 1. The highest BCUT2D eigenvalue weighted by Gasteiger charge is 2.15. The molecule has 0 spiro atoms. The van der Waals surface area contributed by atoms with Crippen molar-refractivity contribution in [2.45, 2.75) is 13.3 Å². The molecule has 5 aromatic rings.